The molecule has 15 heteroatoms. The average molecular weight is 1690 g/mol. The third kappa shape index (κ3) is 54.5. The van der Waals surface area contributed by atoms with Gasteiger partial charge in [-0.2, -0.15) is 42.1 Å². The number of rotatable bonds is 20. The van der Waals surface area contributed by atoms with Gasteiger partial charge in [0.2, 0.25) is 0 Å². The van der Waals surface area contributed by atoms with Crippen LogP contribution in [0.15, 0.2) is 65.3 Å². The molecular formula is C107H192N12O3. The van der Waals surface area contributed by atoms with Crippen LogP contribution >= 0.6 is 0 Å². The van der Waals surface area contributed by atoms with Gasteiger partial charge in [-0.05, 0) is 244 Å². The summed E-state index contributed by atoms with van der Waals surface area (Å²) in [7, 11) is 0. The predicted molar refractivity (Wildman–Crippen MR) is 522 cm³/mol. The molecule has 15 nitrogen and oxygen atoms in total. The van der Waals surface area contributed by atoms with Crippen molar-refractivity contribution in [1.29, 1.82) is 42.1 Å². The lowest BCUT2D eigenvalue weighted by Gasteiger charge is -2.44. The SMILES string of the molecule is CC.CC.CC.CC.CC.CC.CC(C)/C=C(/C#N)C(=O)NCc1ccccc1.CC(C)C1CCC1(C)C#N.CC(C)C1CCC1C(C)C#N.CC(C)C1CCCC1(C)C#N.CC(C)C1CCCC1C(C)C#N.CC(C)C1CCCCC1(C)C#N.CC(C)C1CCCCC1C(C)N.CCCNC(=O)/C(C#N)=C\C(C)C.CCNC(=O)/C(C#N)=C\C(C)C. The van der Waals surface area contributed by atoms with E-state index in [2.05, 4.69) is 171 Å². The highest BCUT2D eigenvalue weighted by molar-refractivity contribution is 5.98. The lowest BCUT2D eigenvalue weighted by Crippen LogP contribution is -2.39. The number of likely N-dealkylation sites (N-methyl/N-ethyl adjacent to an activating group) is 1. The highest BCUT2D eigenvalue weighted by Crippen LogP contribution is 2.50. The zero-order valence-electron chi connectivity index (χ0n) is 86.2. The van der Waals surface area contributed by atoms with Crippen LogP contribution in [-0.4, -0.2) is 36.9 Å². The number of benzene rings is 1. The van der Waals surface area contributed by atoms with E-state index in [-0.39, 0.29) is 80.3 Å². The van der Waals surface area contributed by atoms with E-state index in [9.17, 15) is 14.4 Å². The zero-order chi connectivity index (χ0) is 96.7. The molecule has 5 N–H and O–H groups in total. The number of nitrogens with one attached hydrogen (secondary N) is 3. The Kier molecular flexibility index (Phi) is 83.8. The summed E-state index contributed by atoms with van der Waals surface area (Å²) in [6.45, 7) is 80.8. The van der Waals surface area contributed by atoms with Crippen LogP contribution in [0.5, 0.6) is 0 Å². The van der Waals surface area contributed by atoms with Crippen LogP contribution < -0.4 is 21.7 Å². The van der Waals surface area contributed by atoms with Crippen molar-refractivity contribution in [2.24, 2.45) is 140 Å². The van der Waals surface area contributed by atoms with Gasteiger partial charge in [-0.15, -0.1) is 0 Å². The van der Waals surface area contributed by atoms with Crippen molar-refractivity contribution < 1.29 is 14.4 Å². The standard InChI is InChI=1S/C14H16N2O.2C11H19N.C11H23N.C10H16N2O.2C10H17N.C9H14N2O.C9H15N.6C2H6/c1-11(2)8-13(9-15)14(17)16-10-12-6-4-3-5-7-12;1-8(2)10-5-4-6-11(10)9(3)7-12;1-9(2)10-6-4-5-7-11(10,3)8-12;1-8(2)10-6-4-5-7-11(10)9(3)12;1-4-5-12-10(13)9(7-11)6-8(2)3;1-7(2)9-4-5-10(9)8(3)6-11;1-8(2)9-5-4-6-10(9,3)7-11;1-4-11-9(12)8(6-10)5-7(2)3;1-7(2)8-4-5-9(8,3)6-10;6*1-2/h3-8,11H,10H2,1-2H3,(H,16,17);8-11H,4-6H2,1-3H3;9-10H,4-7H2,1-3H3;8-11H,4-7,12H2,1-3H3;6,8H,4-5H2,1-3H3,(H,12,13);7-10H,4-5H2,1-3H3;8-9H,4-6H2,1-3H3;5,7H,4H2,1-3H3,(H,11,12);7-8H,4-5H2,1-3H3;6*1-2H3/b13-8-;;;;9-6-;;;8-5-;;;;;;;. The summed E-state index contributed by atoms with van der Waals surface area (Å²) < 4.78 is 0. The summed E-state index contributed by atoms with van der Waals surface area (Å²) >= 11 is 0. The van der Waals surface area contributed by atoms with Gasteiger partial charge < -0.3 is 21.7 Å². The molecule has 698 valence electrons. The molecule has 0 heterocycles. The van der Waals surface area contributed by atoms with Gasteiger partial charge in [-0.1, -0.05) is 302 Å². The molecule has 0 spiro atoms. The Bertz CT molecular complexity index is 3230. The number of allylic oxidation sites excluding steroid dienone is 3. The minimum Gasteiger partial charge on any atom is -0.352 e. The molecule has 1 aromatic carbocycles. The van der Waals surface area contributed by atoms with Crippen molar-refractivity contribution in [2.45, 2.75) is 398 Å². The summed E-state index contributed by atoms with van der Waals surface area (Å²) in [6, 6.07) is 27.8. The van der Waals surface area contributed by atoms with Gasteiger partial charge >= 0.3 is 0 Å². The third-order valence-corrected chi connectivity index (χ3v) is 23.9. The van der Waals surface area contributed by atoms with E-state index in [0.717, 1.165) is 72.7 Å². The van der Waals surface area contributed by atoms with Gasteiger partial charge in [-0.3, -0.25) is 14.4 Å². The second kappa shape index (κ2) is 78.5. The number of hydrogen-bond acceptors (Lipinski definition) is 12. The molecule has 15 unspecified atom stereocenters. The van der Waals surface area contributed by atoms with E-state index in [1.807, 2.05) is 187 Å². The van der Waals surface area contributed by atoms with Crippen molar-refractivity contribution >= 4 is 17.7 Å². The second-order valence-electron chi connectivity index (χ2n) is 36.1. The van der Waals surface area contributed by atoms with Crippen LogP contribution in [0.2, 0.25) is 0 Å². The Labute approximate surface area is 756 Å². The van der Waals surface area contributed by atoms with E-state index in [1.165, 1.54) is 96.3 Å². The molecule has 7 rings (SSSR count). The summed E-state index contributed by atoms with van der Waals surface area (Å²) in [5.41, 5.74) is 7.55. The first-order valence-electron chi connectivity index (χ1n) is 48.6. The van der Waals surface area contributed by atoms with Crippen LogP contribution in [0, 0.1) is 225 Å². The van der Waals surface area contributed by atoms with Gasteiger partial charge in [0.25, 0.3) is 17.7 Å². The molecular weight excluding hydrogens is 1500 g/mol. The fourth-order valence-electron chi connectivity index (χ4n) is 17.2. The highest BCUT2D eigenvalue weighted by Gasteiger charge is 2.45. The Balaban J connectivity index is -0.000000197. The van der Waals surface area contributed by atoms with Crippen molar-refractivity contribution in [3.05, 3.63) is 70.8 Å². The first-order chi connectivity index (χ1) is 57.6. The lowest BCUT2D eigenvalue weighted by atomic mass is 9.58. The maximum atomic E-state index is 11.7. The third-order valence-electron chi connectivity index (χ3n) is 23.9. The number of carbonyl (C=O) groups excluding carboxylic acids is 3. The largest absolute Gasteiger partial charge is 0.352 e. The van der Waals surface area contributed by atoms with Crippen molar-refractivity contribution in [2.75, 3.05) is 13.1 Å². The molecule has 6 aliphatic carbocycles. The summed E-state index contributed by atoms with van der Waals surface area (Å²) in [5.74, 6) is 11.2. The molecule has 6 aliphatic rings. The van der Waals surface area contributed by atoms with Crippen molar-refractivity contribution in [3.63, 3.8) is 0 Å². The first-order valence-corrected chi connectivity index (χ1v) is 48.6. The smallest absolute Gasteiger partial charge is 0.261 e. The van der Waals surface area contributed by atoms with Crippen LogP contribution in [0.1, 0.15) is 391 Å². The summed E-state index contributed by atoms with van der Waals surface area (Å²) in [4.78, 5) is 34.1. The Morgan fingerprint density at radius 3 is 0.967 bits per heavy atom. The van der Waals surface area contributed by atoms with E-state index in [0.29, 0.717) is 73.0 Å². The molecule has 3 amide bonds. The van der Waals surface area contributed by atoms with Gasteiger partial charge in [0.15, 0.2) is 0 Å². The topological polar surface area (TPSA) is 304 Å². The quantitative estimate of drug-likeness (QED) is 0.0700. The summed E-state index contributed by atoms with van der Waals surface area (Å²) in [5, 5.41) is 78.6. The normalized spacial score (nSPS) is 23.7. The maximum absolute atomic E-state index is 11.7. The molecule has 0 saturated heterocycles. The van der Waals surface area contributed by atoms with E-state index in [4.69, 9.17) is 47.8 Å². The fourth-order valence-corrected chi connectivity index (χ4v) is 17.2. The van der Waals surface area contributed by atoms with E-state index < -0.39 is 0 Å². The number of nitrogens with zero attached hydrogens (tertiary/aromatic N) is 8. The van der Waals surface area contributed by atoms with Gasteiger partial charge in [0.1, 0.15) is 34.9 Å². The monoisotopic (exact) mass is 1690 g/mol. The molecule has 1 aromatic rings. The fraction of sp³-hybridized carbons (Fsp3) is 0.785. The van der Waals surface area contributed by atoms with Crippen LogP contribution in [0.4, 0.5) is 0 Å². The molecule has 0 aliphatic heterocycles. The Morgan fingerprint density at radius 1 is 0.377 bits per heavy atom. The van der Waals surface area contributed by atoms with Gasteiger partial charge in [0, 0.05) is 37.5 Å². The molecule has 6 saturated carbocycles. The number of carbonyl (C=O) groups is 3. The highest BCUT2D eigenvalue weighted by atomic mass is 16.2. The lowest BCUT2D eigenvalue weighted by molar-refractivity contribution is -0.118. The number of nitrogens with two attached hydrogens (primary N) is 1. The zero-order valence-corrected chi connectivity index (χ0v) is 86.2. The molecule has 0 radical (unpaired) electrons. The number of nitriles is 8. The minimum absolute atomic E-state index is 0.00810. The van der Waals surface area contributed by atoms with Gasteiger partial charge in [-0.25, -0.2) is 0 Å². The van der Waals surface area contributed by atoms with Gasteiger partial charge in [0.05, 0.1) is 46.6 Å². The number of amides is 3. The molecule has 6 fully saturated rings. The maximum Gasteiger partial charge on any atom is 0.261 e. The average Bonchev–Trinajstić information content (AvgIpc) is 1.08. The summed E-state index contributed by atoms with van der Waals surface area (Å²) in [6.07, 6.45) is 28.9. The molecule has 0 bridgehead atoms. The molecule has 0 aromatic heterocycles. The van der Waals surface area contributed by atoms with E-state index >= 15 is 0 Å². The molecule has 122 heavy (non-hydrogen) atoms. The Hall–Kier alpha value is -7.27. The van der Waals surface area contributed by atoms with Crippen LogP contribution in [0.3, 0.4) is 0 Å². The predicted octanol–water partition coefficient (Wildman–Crippen LogP) is 29.2. The van der Waals surface area contributed by atoms with E-state index in [1.54, 1.807) is 18.2 Å². The first kappa shape index (κ1) is 130. The Morgan fingerprint density at radius 2 is 0.680 bits per heavy atom. The van der Waals surface area contributed by atoms with Crippen molar-refractivity contribution in [1.82, 2.24) is 16.0 Å². The molecule has 15 atom stereocenters. The minimum atomic E-state index is -0.315. The van der Waals surface area contributed by atoms with Crippen LogP contribution in [0.25, 0.3) is 0 Å². The number of hydrogen-bond donors (Lipinski definition) is 4. The van der Waals surface area contributed by atoms with Crippen molar-refractivity contribution in [3.8, 4) is 48.6 Å². The van der Waals surface area contributed by atoms with Crippen LogP contribution in [-0.2, 0) is 20.9 Å². The second-order valence-corrected chi connectivity index (χ2v) is 36.1.